The Balaban J connectivity index is 2.58. The van der Waals surface area contributed by atoms with Crippen LogP contribution >= 0.6 is 0 Å². The summed E-state index contributed by atoms with van der Waals surface area (Å²) in [5.74, 6) is 0.113. The predicted octanol–water partition coefficient (Wildman–Crippen LogP) is 2.78. The van der Waals surface area contributed by atoms with Gasteiger partial charge in [0, 0.05) is 13.0 Å². The maximum atomic E-state index is 12.3. The van der Waals surface area contributed by atoms with E-state index in [4.69, 9.17) is 4.74 Å². The quantitative estimate of drug-likeness (QED) is 0.555. The van der Waals surface area contributed by atoms with Crippen molar-refractivity contribution in [3.63, 3.8) is 0 Å². The monoisotopic (exact) mass is 281 g/mol. The van der Waals surface area contributed by atoms with Crippen LogP contribution in [0.15, 0.2) is 12.7 Å². The van der Waals surface area contributed by atoms with E-state index in [0.29, 0.717) is 25.3 Å². The minimum Gasteiger partial charge on any atom is -0.467 e. The Kier molecular flexibility index (Phi) is 5.78. The molecule has 0 aliphatic carbocycles. The van der Waals surface area contributed by atoms with Gasteiger partial charge in [0.05, 0.1) is 7.11 Å². The summed E-state index contributed by atoms with van der Waals surface area (Å²) in [5.41, 5.74) is 0.0396. The Morgan fingerprint density at radius 1 is 1.50 bits per heavy atom. The van der Waals surface area contributed by atoms with Crippen LogP contribution < -0.4 is 0 Å². The molecule has 4 nitrogen and oxygen atoms in total. The Labute approximate surface area is 122 Å². The molecule has 1 heterocycles. The first-order valence-electron chi connectivity index (χ1n) is 7.33. The smallest absolute Gasteiger partial charge is 0.328 e. The molecular weight excluding hydrogens is 254 g/mol. The summed E-state index contributed by atoms with van der Waals surface area (Å²) in [6.45, 7) is 10.9. The summed E-state index contributed by atoms with van der Waals surface area (Å²) in [4.78, 5) is 25.7. The third-order valence-electron chi connectivity index (χ3n) is 4.62. The number of likely N-dealkylation sites (tertiary alicyclic amines) is 1. The molecule has 0 N–H and O–H groups in total. The van der Waals surface area contributed by atoms with Gasteiger partial charge in [-0.15, -0.1) is 6.58 Å². The second kappa shape index (κ2) is 6.91. The Morgan fingerprint density at radius 3 is 2.70 bits per heavy atom. The van der Waals surface area contributed by atoms with Crippen LogP contribution in [-0.2, 0) is 14.3 Å². The van der Waals surface area contributed by atoms with Crippen molar-refractivity contribution < 1.29 is 14.3 Å². The van der Waals surface area contributed by atoms with Gasteiger partial charge in [-0.3, -0.25) is 4.79 Å². The summed E-state index contributed by atoms with van der Waals surface area (Å²) in [6, 6.07) is -0.382. The Bertz CT molecular complexity index is 376. The fraction of sp³-hybridized carbons (Fsp3) is 0.750. The van der Waals surface area contributed by atoms with E-state index in [2.05, 4.69) is 27.4 Å². The molecule has 0 bridgehead atoms. The molecule has 0 saturated carbocycles. The minimum atomic E-state index is -0.382. The first-order valence-corrected chi connectivity index (χ1v) is 7.33. The molecule has 1 rings (SSSR count). The molecule has 0 aromatic heterocycles. The molecule has 0 spiro atoms. The van der Waals surface area contributed by atoms with Crippen molar-refractivity contribution in [3.05, 3.63) is 12.7 Å². The predicted molar refractivity (Wildman–Crippen MR) is 79.1 cm³/mol. The molecule has 1 aliphatic heterocycles. The number of amides is 1. The van der Waals surface area contributed by atoms with Crippen molar-refractivity contribution in [2.75, 3.05) is 13.7 Å². The highest BCUT2D eigenvalue weighted by atomic mass is 16.5. The maximum absolute atomic E-state index is 12.3. The molecule has 0 aromatic rings. The molecule has 1 amide bonds. The normalized spacial score (nSPS) is 20.6. The lowest BCUT2D eigenvalue weighted by molar-refractivity contribution is -0.151. The highest BCUT2D eigenvalue weighted by molar-refractivity contribution is 5.85. The standard InChI is InChI=1S/C16H27NO3/c1-6-12(2)16(3,4)10-9-14(18)17-11-7-8-13(17)15(19)20-5/h6,12-13H,1,7-11H2,2-5H3. The van der Waals surface area contributed by atoms with Gasteiger partial charge in [-0.1, -0.05) is 26.8 Å². The van der Waals surface area contributed by atoms with Gasteiger partial charge in [0.1, 0.15) is 6.04 Å². The van der Waals surface area contributed by atoms with E-state index in [9.17, 15) is 9.59 Å². The van der Waals surface area contributed by atoms with Crippen LogP contribution in [-0.4, -0.2) is 36.5 Å². The van der Waals surface area contributed by atoms with Crippen LogP contribution in [0.2, 0.25) is 0 Å². The van der Waals surface area contributed by atoms with Crippen molar-refractivity contribution in [3.8, 4) is 0 Å². The van der Waals surface area contributed by atoms with Gasteiger partial charge < -0.3 is 9.64 Å². The second-order valence-electron chi connectivity index (χ2n) is 6.28. The lowest BCUT2D eigenvalue weighted by Gasteiger charge is -2.31. The fourth-order valence-electron chi connectivity index (χ4n) is 2.57. The molecule has 2 unspecified atom stereocenters. The average molecular weight is 281 g/mol. The summed E-state index contributed by atoms with van der Waals surface area (Å²) >= 11 is 0. The number of carbonyl (C=O) groups is 2. The van der Waals surface area contributed by atoms with Crippen molar-refractivity contribution >= 4 is 11.9 Å². The second-order valence-corrected chi connectivity index (χ2v) is 6.28. The van der Waals surface area contributed by atoms with Crippen LogP contribution in [0.3, 0.4) is 0 Å². The number of ether oxygens (including phenoxy) is 1. The molecular formula is C16H27NO3. The van der Waals surface area contributed by atoms with E-state index in [0.717, 1.165) is 12.8 Å². The van der Waals surface area contributed by atoms with E-state index in [1.165, 1.54) is 7.11 Å². The van der Waals surface area contributed by atoms with Gasteiger partial charge in [-0.05, 0) is 30.6 Å². The topological polar surface area (TPSA) is 46.6 Å². The third kappa shape index (κ3) is 3.84. The van der Waals surface area contributed by atoms with Crippen molar-refractivity contribution in [2.45, 2.75) is 52.5 Å². The summed E-state index contributed by atoms with van der Waals surface area (Å²) in [7, 11) is 1.37. The number of methoxy groups -OCH3 is 1. The number of nitrogens with zero attached hydrogens (tertiary/aromatic N) is 1. The van der Waals surface area contributed by atoms with Gasteiger partial charge in [-0.2, -0.15) is 0 Å². The highest BCUT2D eigenvalue weighted by Gasteiger charge is 2.35. The van der Waals surface area contributed by atoms with Gasteiger partial charge in [-0.25, -0.2) is 4.79 Å². The van der Waals surface area contributed by atoms with Crippen LogP contribution in [0.1, 0.15) is 46.5 Å². The number of hydrogen-bond donors (Lipinski definition) is 0. The van der Waals surface area contributed by atoms with Crippen molar-refractivity contribution in [2.24, 2.45) is 11.3 Å². The molecule has 20 heavy (non-hydrogen) atoms. The fourth-order valence-corrected chi connectivity index (χ4v) is 2.57. The van der Waals surface area contributed by atoms with E-state index in [1.807, 2.05) is 6.08 Å². The Hall–Kier alpha value is -1.32. The molecule has 0 radical (unpaired) electrons. The number of carbonyl (C=O) groups excluding carboxylic acids is 2. The van der Waals surface area contributed by atoms with Gasteiger partial charge in [0.15, 0.2) is 0 Å². The van der Waals surface area contributed by atoms with E-state index >= 15 is 0 Å². The first kappa shape index (κ1) is 16.7. The zero-order chi connectivity index (χ0) is 15.3. The minimum absolute atomic E-state index is 0.0396. The average Bonchev–Trinajstić information content (AvgIpc) is 2.92. The van der Waals surface area contributed by atoms with Crippen LogP contribution in [0.5, 0.6) is 0 Å². The zero-order valence-corrected chi connectivity index (χ0v) is 13.1. The number of allylic oxidation sites excluding steroid dienone is 1. The molecule has 1 saturated heterocycles. The summed E-state index contributed by atoms with van der Waals surface area (Å²) in [6.07, 6.45) is 4.78. The van der Waals surface area contributed by atoms with Crippen molar-refractivity contribution in [1.82, 2.24) is 4.90 Å². The van der Waals surface area contributed by atoms with Crippen LogP contribution in [0, 0.1) is 11.3 Å². The summed E-state index contributed by atoms with van der Waals surface area (Å²) < 4.78 is 4.77. The first-order chi connectivity index (χ1) is 9.33. The van der Waals surface area contributed by atoms with Crippen LogP contribution in [0.25, 0.3) is 0 Å². The largest absolute Gasteiger partial charge is 0.467 e. The number of rotatable bonds is 6. The van der Waals surface area contributed by atoms with Crippen molar-refractivity contribution in [1.29, 1.82) is 0 Å². The SMILES string of the molecule is C=CC(C)C(C)(C)CCC(=O)N1CCCC1C(=O)OC. The van der Waals surface area contributed by atoms with Gasteiger partial charge in [0.25, 0.3) is 0 Å². The summed E-state index contributed by atoms with van der Waals surface area (Å²) in [5, 5.41) is 0. The molecule has 114 valence electrons. The van der Waals surface area contributed by atoms with Gasteiger partial charge >= 0.3 is 5.97 Å². The van der Waals surface area contributed by atoms with E-state index in [-0.39, 0.29) is 23.3 Å². The van der Waals surface area contributed by atoms with E-state index in [1.54, 1.807) is 4.90 Å². The lowest BCUT2D eigenvalue weighted by Crippen LogP contribution is -2.41. The third-order valence-corrected chi connectivity index (χ3v) is 4.62. The molecule has 0 aromatic carbocycles. The zero-order valence-electron chi connectivity index (χ0n) is 13.1. The lowest BCUT2D eigenvalue weighted by atomic mass is 9.76. The maximum Gasteiger partial charge on any atom is 0.328 e. The number of hydrogen-bond acceptors (Lipinski definition) is 3. The Morgan fingerprint density at radius 2 is 2.15 bits per heavy atom. The molecule has 2 atom stereocenters. The molecule has 4 heteroatoms. The molecule has 1 aliphatic rings. The highest BCUT2D eigenvalue weighted by Crippen LogP contribution is 2.33. The van der Waals surface area contributed by atoms with E-state index < -0.39 is 0 Å². The molecule has 1 fully saturated rings. The van der Waals surface area contributed by atoms with Gasteiger partial charge in [0.2, 0.25) is 5.91 Å². The number of esters is 1. The van der Waals surface area contributed by atoms with Crippen LogP contribution in [0.4, 0.5) is 0 Å².